The van der Waals surface area contributed by atoms with Crippen LogP contribution in [0.2, 0.25) is 0 Å². The summed E-state index contributed by atoms with van der Waals surface area (Å²) in [6.45, 7) is 4.55. The number of hydrogen-bond donors (Lipinski definition) is 0. The van der Waals surface area contributed by atoms with E-state index in [1.165, 1.54) is 29.5 Å². The molecule has 2 aromatic carbocycles. The van der Waals surface area contributed by atoms with Crippen LogP contribution >= 0.6 is 0 Å². The van der Waals surface area contributed by atoms with Gasteiger partial charge in [0.15, 0.2) is 0 Å². The van der Waals surface area contributed by atoms with Crippen LogP contribution in [0.4, 0.5) is 0 Å². The lowest BCUT2D eigenvalue weighted by molar-refractivity contribution is 0.643. The van der Waals surface area contributed by atoms with E-state index >= 15 is 0 Å². The van der Waals surface area contributed by atoms with Crippen LogP contribution in [0.3, 0.4) is 0 Å². The van der Waals surface area contributed by atoms with Gasteiger partial charge in [0.05, 0.1) is 0 Å². The zero-order valence-electron chi connectivity index (χ0n) is 10.7. The van der Waals surface area contributed by atoms with Gasteiger partial charge in [0.2, 0.25) is 0 Å². The highest BCUT2D eigenvalue weighted by Gasteiger charge is 2.11. The SMILES string of the molecule is CCC(CC)c1ccccc1-c1ccccc1. The summed E-state index contributed by atoms with van der Waals surface area (Å²) in [5, 5.41) is 0. The summed E-state index contributed by atoms with van der Waals surface area (Å²) in [7, 11) is 0. The molecule has 0 heteroatoms. The molecule has 0 fully saturated rings. The van der Waals surface area contributed by atoms with Gasteiger partial charge in [-0.05, 0) is 35.4 Å². The second-order valence-electron chi connectivity index (χ2n) is 4.47. The molecule has 17 heavy (non-hydrogen) atoms. The van der Waals surface area contributed by atoms with Crippen LogP contribution in [0.25, 0.3) is 11.1 Å². The summed E-state index contributed by atoms with van der Waals surface area (Å²) in [6, 6.07) is 19.5. The molecule has 0 aliphatic rings. The first kappa shape index (κ1) is 11.9. The predicted molar refractivity (Wildman–Crippen MR) is 75.2 cm³/mol. The van der Waals surface area contributed by atoms with E-state index in [1.54, 1.807) is 0 Å². The Morgan fingerprint density at radius 1 is 0.765 bits per heavy atom. The number of rotatable bonds is 4. The Kier molecular flexibility index (Phi) is 3.98. The highest BCUT2D eigenvalue weighted by molar-refractivity contribution is 5.67. The molecule has 88 valence electrons. The highest BCUT2D eigenvalue weighted by atomic mass is 14.2. The largest absolute Gasteiger partial charge is 0.0648 e. The van der Waals surface area contributed by atoms with Gasteiger partial charge in [0, 0.05) is 0 Å². The third-order valence-electron chi connectivity index (χ3n) is 3.47. The molecule has 0 N–H and O–H groups in total. The van der Waals surface area contributed by atoms with Crippen molar-refractivity contribution in [1.82, 2.24) is 0 Å². The fraction of sp³-hybridized carbons (Fsp3) is 0.294. The van der Waals surface area contributed by atoms with Crippen molar-refractivity contribution in [3.63, 3.8) is 0 Å². The molecule has 0 radical (unpaired) electrons. The average Bonchev–Trinajstić information content (AvgIpc) is 2.42. The third kappa shape index (κ3) is 2.58. The van der Waals surface area contributed by atoms with Crippen molar-refractivity contribution in [2.75, 3.05) is 0 Å². The minimum Gasteiger partial charge on any atom is -0.0648 e. The first-order valence-corrected chi connectivity index (χ1v) is 6.51. The van der Waals surface area contributed by atoms with E-state index in [1.807, 2.05) is 0 Å². The molecule has 2 aromatic rings. The van der Waals surface area contributed by atoms with E-state index in [0.717, 1.165) is 0 Å². The normalized spacial score (nSPS) is 10.8. The van der Waals surface area contributed by atoms with Crippen molar-refractivity contribution >= 4 is 0 Å². The van der Waals surface area contributed by atoms with Gasteiger partial charge in [-0.1, -0.05) is 68.4 Å². The summed E-state index contributed by atoms with van der Waals surface area (Å²) in [6.07, 6.45) is 2.42. The van der Waals surface area contributed by atoms with Gasteiger partial charge in [-0.2, -0.15) is 0 Å². The van der Waals surface area contributed by atoms with Crippen molar-refractivity contribution in [1.29, 1.82) is 0 Å². The summed E-state index contributed by atoms with van der Waals surface area (Å²) < 4.78 is 0. The lowest BCUT2D eigenvalue weighted by Gasteiger charge is -2.17. The Labute approximate surface area is 104 Å². The van der Waals surface area contributed by atoms with Crippen LogP contribution < -0.4 is 0 Å². The fourth-order valence-electron chi connectivity index (χ4n) is 2.46. The molecule has 0 aliphatic carbocycles. The second kappa shape index (κ2) is 5.67. The predicted octanol–water partition coefficient (Wildman–Crippen LogP) is 5.26. The Bertz CT molecular complexity index is 452. The maximum absolute atomic E-state index is 2.28. The van der Waals surface area contributed by atoms with E-state index < -0.39 is 0 Å². The Morgan fingerprint density at radius 2 is 1.35 bits per heavy atom. The third-order valence-corrected chi connectivity index (χ3v) is 3.47. The molecule has 0 heterocycles. The van der Waals surface area contributed by atoms with Crippen LogP contribution in [0.1, 0.15) is 38.2 Å². The minimum atomic E-state index is 0.673. The zero-order valence-corrected chi connectivity index (χ0v) is 10.7. The summed E-state index contributed by atoms with van der Waals surface area (Å²) in [5.41, 5.74) is 4.21. The molecule has 0 amide bonds. The van der Waals surface area contributed by atoms with Crippen LogP contribution in [0.15, 0.2) is 54.6 Å². The fourth-order valence-corrected chi connectivity index (χ4v) is 2.46. The minimum absolute atomic E-state index is 0.673. The van der Waals surface area contributed by atoms with Crippen LogP contribution in [-0.4, -0.2) is 0 Å². The first-order chi connectivity index (χ1) is 8.36. The van der Waals surface area contributed by atoms with Crippen molar-refractivity contribution in [2.24, 2.45) is 0 Å². The highest BCUT2D eigenvalue weighted by Crippen LogP contribution is 2.32. The van der Waals surface area contributed by atoms with Crippen molar-refractivity contribution in [3.05, 3.63) is 60.2 Å². The Morgan fingerprint density at radius 3 is 2.00 bits per heavy atom. The van der Waals surface area contributed by atoms with Gasteiger partial charge < -0.3 is 0 Å². The van der Waals surface area contributed by atoms with E-state index in [0.29, 0.717) is 5.92 Å². The van der Waals surface area contributed by atoms with E-state index in [4.69, 9.17) is 0 Å². The maximum atomic E-state index is 2.28. The number of hydrogen-bond acceptors (Lipinski definition) is 0. The van der Waals surface area contributed by atoms with E-state index in [-0.39, 0.29) is 0 Å². The molecule has 0 saturated heterocycles. The quantitative estimate of drug-likeness (QED) is 0.664. The molecule has 0 atom stereocenters. The Hall–Kier alpha value is -1.56. The monoisotopic (exact) mass is 224 g/mol. The molecular formula is C17H20. The van der Waals surface area contributed by atoms with Crippen molar-refractivity contribution in [3.8, 4) is 11.1 Å². The molecule has 0 aromatic heterocycles. The maximum Gasteiger partial charge on any atom is -0.0149 e. The van der Waals surface area contributed by atoms with E-state index in [9.17, 15) is 0 Å². The van der Waals surface area contributed by atoms with Gasteiger partial charge in [0.1, 0.15) is 0 Å². The average molecular weight is 224 g/mol. The van der Waals surface area contributed by atoms with Crippen LogP contribution in [-0.2, 0) is 0 Å². The second-order valence-corrected chi connectivity index (χ2v) is 4.47. The molecule has 0 unspecified atom stereocenters. The zero-order chi connectivity index (χ0) is 12.1. The van der Waals surface area contributed by atoms with Gasteiger partial charge in [-0.25, -0.2) is 0 Å². The van der Waals surface area contributed by atoms with Gasteiger partial charge in [-0.15, -0.1) is 0 Å². The molecule has 2 rings (SSSR count). The Balaban J connectivity index is 2.48. The topological polar surface area (TPSA) is 0 Å². The summed E-state index contributed by atoms with van der Waals surface area (Å²) in [5.74, 6) is 0.673. The lowest BCUT2D eigenvalue weighted by Crippen LogP contribution is -1.98. The molecular weight excluding hydrogens is 204 g/mol. The summed E-state index contributed by atoms with van der Waals surface area (Å²) >= 11 is 0. The van der Waals surface area contributed by atoms with Gasteiger partial charge in [0.25, 0.3) is 0 Å². The number of benzene rings is 2. The molecule has 0 nitrogen and oxygen atoms in total. The summed E-state index contributed by atoms with van der Waals surface area (Å²) in [4.78, 5) is 0. The van der Waals surface area contributed by atoms with Crippen molar-refractivity contribution < 1.29 is 0 Å². The molecule has 0 spiro atoms. The van der Waals surface area contributed by atoms with E-state index in [2.05, 4.69) is 68.4 Å². The molecule has 0 saturated carbocycles. The van der Waals surface area contributed by atoms with Crippen molar-refractivity contribution in [2.45, 2.75) is 32.6 Å². The smallest absolute Gasteiger partial charge is 0.0149 e. The van der Waals surface area contributed by atoms with Gasteiger partial charge >= 0.3 is 0 Å². The molecule has 0 bridgehead atoms. The standard InChI is InChI=1S/C17H20/c1-3-14(4-2)16-12-8-9-13-17(16)15-10-6-5-7-11-15/h5-14H,3-4H2,1-2H3. The van der Waals surface area contributed by atoms with Gasteiger partial charge in [-0.3, -0.25) is 0 Å². The lowest BCUT2D eigenvalue weighted by atomic mass is 9.87. The van der Waals surface area contributed by atoms with Crippen LogP contribution in [0, 0.1) is 0 Å². The first-order valence-electron chi connectivity index (χ1n) is 6.51. The molecule has 0 aliphatic heterocycles. The van der Waals surface area contributed by atoms with Crippen LogP contribution in [0.5, 0.6) is 0 Å².